The fraction of sp³-hybridized carbons (Fsp3) is 0.700. The van der Waals surface area contributed by atoms with Crippen LogP contribution in [0, 0.1) is 0 Å². The average Bonchev–Trinajstić information content (AvgIpc) is 2.63. The molecule has 0 N–H and O–H groups in total. The molecule has 0 atom stereocenters. The summed E-state index contributed by atoms with van der Waals surface area (Å²) in [6.45, 7) is 0. The van der Waals surface area contributed by atoms with Gasteiger partial charge in [-0.3, -0.25) is 28.8 Å². The maximum Gasteiger partial charge on any atom is 0.313 e. The zero-order chi connectivity index (χ0) is 21.4. The first-order chi connectivity index (χ1) is 13.3. The Morgan fingerprint density at radius 2 is 0.786 bits per heavy atom. The van der Waals surface area contributed by atoms with E-state index in [0.29, 0.717) is 25.7 Å². The third kappa shape index (κ3) is 14.8. The van der Waals surface area contributed by atoms with Crippen molar-refractivity contribution in [1.29, 1.82) is 0 Å². The van der Waals surface area contributed by atoms with E-state index in [4.69, 9.17) is 0 Å². The number of carbonyl (C=O) groups excluding carboxylic acids is 6. The number of hydrogen-bond acceptors (Lipinski definition) is 8. The Hall–Kier alpha value is -2.38. The minimum absolute atomic E-state index is 0.170. The highest BCUT2D eigenvalue weighted by molar-refractivity contribution is 6.06. The predicted octanol–water partition coefficient (Wildman–Crippen LogP) is 2.29. The van der Waals surface area contributed by atoms with Crippen LogP contribution in [0.15, 0.2) is 0 Å². The summed E-state index contributed by atoms with van der Waals surface area (Å²) in [7, 11) is 2.39. The number of rotatable bonds is 17. The summed E-state index contributed by atoms with van der Waals surface area (Å²) >= 11 is 0. The maximum absolute atomic E-state index is 11.6. The monoisotopic (exact) mass is 398 g/mol. The lowest BCUT2D eigenvalue weighted by molar-refractivity contribution is -0.145. The molecule has 28 heavy (non-hydrogen) atoms. The van der Waals surface area contributed by atoms with Crippen molar-refractivity contribution in [2.75, 3.05) is 14.2 Å². The molecule has 0 amide bonds. The molecule has 0 saturated heterocycles. The fourth-order valence-electron chi connectivity index (χ4n) is 2.56. The zero-order valence-corrected chi connectivity index (χ0v) is 16.8. The third-order valence-corrected chi connectivity index (χ3v) is 4.09. The average molecular weight is 398 g/mol. The Bertz CT molecular complexity index is 515. The first-order valence-electron chi connectivity index (χ1n) is 9.49. The Morgan fingerprint density at radius 3 is 1.11 bits per heavy atom. The predicted molar refractivity (Wildman–Crippen MR) is 99.5 cm³/mol. The SMILES string of the molecule is COC(=O)CC(=O)CC(=O)CCCCCCCCC(=O)CC(=O)CC(=O)OC. The molecule has 0 aliphatic rings. The molecule has 0 saturated carbocycles. The number of hydrogen-bond donors (Lipinski definition) is 0. The maximum atomic E-state index is 11.6. The molecule has 0 aliphatic heterocycles. The molecule has 0 aromatic heterocycles. The van der Waals surface area contributed by atoms with Gasteiger partial charge in [-0.1, -0.05) is 25.7 Å². The first kappa shape index (κ1) is 25.6. The smallest absolute Gasteiger partial charge is 0.313 e. The second-order valence-corrected chi connectivity index (χ2v) is 6.64. The molecular formula is C20H30O8. The number of ketones is 4. The van der Waals surface area contributed by atoms with Crippen LogP contribution in [0.3, 0.4) is 0 Å². The molecule has 0 aliphatic carbocycles. The van der Waals surface area contributed by atoms with Gasteiger partial charge in [-0.05, 0) is 12.8 Å². The second kappa shape index (κ2) is 15.7. The van der Waals surface area contributed by atoms with Gasteiger partial charge >= 0.3 is 11.9 Å². The number of methoxy groups -OCH3 is 2. The van der Waals surface area contributed by atoms with Crippen LogP contribution >= 0.6 is 0 Å². The molecule has 8 nitrogen and oxygen atoms in total. The number of esters is 2. The highest BCUT2D eigenvalue weighted by atomic mass is 16.5. The molecule has 0 fully saturated rings. The molecule has 0 radical (unpaired) electrons. The Labute approximate surface area is 165 Å². The topological polar surface area (TPSA) is 121 Å². The van der Waals surface area contributed by atoms with E-state index in [1.807, 2.05) is 0 Å². The summed E-state index contributed by atoms with van der Waals surface area (Å²) in [5.41, 5.74) is 0. The van der Waals surface area contributed by atoms with Crippen molar-refractivity contribution in [3.63, 3.8) is 0 Å². The van der Waals surface area contributed by atoms with Gasteiger partial charge in [0.1, 0.15) is 24.4 Å². The lowest BCUT2D eigenvalue weighted by Crippen LogP contribution is -2.13. The van der Waals surface area contributed by atoms with Crippen LogP contribution in [0.2, 0.25) is 0 Å². The largest absolute Gasteiger partial charge is 0.469 e. The van der Waals surface area contributed by atoms with Gasteiger partial charge in [0.05, 0.1) is 27.1 Å². The summed E-state index contributed by atoms with van der Waals surface area (Å²) in [6, 6.07) is 0. The summed E-state index contributed by atoms with van der Waals surface area (Å²) in [4.78, 5) is 68.0. The molecule has 0 unspecified atom stereocenters. The van der Waals surface area contributed by atoms with Crippen LogP contribution in [0.4, 0.5) is 0 Å². The zero-order valence-electron chi connectivity index (χ0n) is 16.8. The molecule has 8 heteroatoms. The molecular weight excluding hydrogens is 368 g/mol. The van der Waals surface area contributed by atoms with Crippen molar-refractivity contribution in [2.45, 2.75) is 77.0 Å². The van der Waals surface area contributed by atoms with Crippen molar-refractivity contribution in [3.8, 4) is 0 Å². The van der Waals surface area contributed by atoms with Gasteiger partial charge in [-0.25, -0.2) is 0 Å². The van der Waals surface area contributed by atoms with Gasteiger partial charge in [-0.15, -0.1) is 0 Å². The number of ether oxygens (including phenoxy) is 2. The Balaban J connectivity index is 3.61. The van der Waals surface area contributed by atoms with Crippen LogP contribution < -0.4 is 0 Å². The van der Waals surface area contributed by atoms with E-state index in [1.54, 1.807) is 0 Å². The molecule has 0 spiro atoms. The fourth-order valence-corrected chi connectivity index (χ4v) is 2.56. The van der Waals surface area contributed by atoms with Crippen LogP contribution in [-0.4, -0.2) is 49.3 Å². The minimum Gasteiger partial charge on any atom is -0.469 e. The van der Waals surface area contributed by atoms with Crippen molar-refractivity contribution >= 4 is 35.1 Å². The summed E-state index contributed by atoms with van der Waals surface area (Å²) in [5.74, 6) is -2.46. The van der Waals surface area contributed by atoms with Gasteiger partial charge in [0.25, 0.3) is 0 Å². The highest BCUT2D eigenvalue weighted by Crippen LogP contribution is 2.11. The lowest BCUT2D eigenvalue weighted by Gasteiger charge is -2.03. The number of unbranched alkanes of at least 4 members (excludes halogenated alkanes) is 5. The van der Waals surface area contributed by atoms with Crippen LogP contribution in [0.25, 0.3) is 0 Å². The standard InChI is InChI=1S/C20H30O8/c1-27-19(25)13-17(23)11-15(21)9-7-5-3-4-6-8-10-16(22)12-18(24)14-20(26)28-2/h3-14H2,1-2H3. The van der Waals surface area contributed by atoms with E-state index in [2.05, 4.69) is 9.47 Å². The summed E-state index contributed by atoms with van der Waals surface area (Å²) in [5, 5.41) is 0. The minimum atomic E-state index is -0.635. The van der Waals surface area contributed by atoms with E-state index < -0.39 is 23.5 Å². The molecule has 0 aromatic rings. The first-order valence-corrected chi connectivity index (χ1v) is 9.49. The molecule has 0 rings (SSSR count). The molecule has 0 aromatic carbocycles. The van der Waals surface area contributed by atoms with Crippen LogP contribution in [0.1, 0.15) is 77.0 Å². The van der Waals surface area contributed by atoms with Gasteiger partial charge < -0.3 is 9.47 Å². The quantitative estimate of drug-likeness (QED) is 0.208. The molecule has 158 valence electrons. The number of carbonyl (C=O) groups is 6. The van der Waals surface area contributed by atoms with E-state index in [1.165, 1.54) is 14.2 Å². The van der Waals surface area contributed by atoms with Crippen molar-refractivity contribution in [1.82, 2.24) is 0 Å². The molecule has 0 heterocycles. The Kier molecular flexibility index (Phi) is 14.3. The van der Waals surface area contributed by atoms with Crippen molar-refractivity contribution in [3.05, 3.63) is 0 Å². The molecule has 0 bridgehead atoms. The van der Waals surface area contributed by atoms with Crippen LogP contribution in [-0.2, 0) is 38.2 Å². The van der Waals surface area contributed by atoms with E-state index in [9.17, 15) is 28.8 Å². The van der Waals surface area contributed by atoms with Crippen molar-refractivity contribution < 1.29 is 38.2 Å². The normalized spacial score (nSPS) is 10.2. The van der Waals surface area contributed by atoms with E-state index >= 15 is 0 Å². The number of Topliss-reactive ketones (excluding diaryl/α,β-unsaturated/α-hetero) is 4. The van der Waals surface area contributed by atoms with Gasteiger partial charge in [0.15, 0.2) is 11.6 Å². The lowest BCUT2D eigenvalue weighted by atomic mass is 10.0. The highest BCUT2D eigenvalue weighted by Gasteiger charge is 2.14. The van der Waals surface area contributed by atoms with E-state index in [-0.39, 0.29) is 37.2 Å². The summed E-state index contributed by atoms with van der Waals surface area (Å²) < 4.78 is 8.75. The van der Waals surface area contributed by atoms with Crippen LogP contribution in [0.5, 0.6) is 0 Å². The van der Waals surface area contributed by atoms with Gasteiger partial charge in [-0.2, -0.15) is 0 Å². The van der Waals surface area contributed by atoms with Gasteiger partial charge in [0, 0.05) is 12.8 Å². The van der Waals surface area contributed by atoms with E-state index in [0.717, 1.165) is 25.7 Å². The Morgan fingerprint density at radius 1 is 0.464 bits per heavy atom. The van der Waals surface area contributed by atoms with Gasteiger partial charge in [0.2, 0.25) is 0 Å². The summed E-state index contributed by atoms with van der Waals surface area (Å²) in [6.07, 6.45) is 4.34. The second-order valence-electron chi connectivity index (χ2n) is 6.64. The van der Waals surface area contributed by atoms with Crippen molar-refractivity contribution in [2.24, 2.45) is 0 Å². The third-order valence-electron chi connectivity index (χ3n) is 4.09.